The third kappa shape index (κ3) is 5.71. The number of carbonyl (C=O) groups is 1. The van der Waals surface area contributed by atoms with Gasteiger partial charge in [0.1, 0.15) is 0 Å². The van der Waals surface area contributed by atoms with E-state index in [0.29, 0.717) is 23.8 Å². The predicted octanol–water partition coefficient (Wildman–Crippen LogP) is 3.57. The first-order chi connectivity index (χ1) is 13.1. The van der Waals surface area contributed by atoms with Crippen LogP contribution in [0.1, 0.15) is 35.4 Å². The number of amides is 1. The summed E-state index contributed by atoms with van der Waals surface area (Å²) >= 11 is 5.91. The van der Waals surface area contributed by atoms with E-state index in [2.05, 4.69) is 18.2 Å². The molecule has 0 spiro atoms. The molecule has 1 fully saturated rings. The lowest BCUT2D eigenvalue weighted by molar-refractivity contribution is -0.133. The van der Waals surface area contributed by atoms with Crippen LogP contribution in [0.5, 0.6) is 0 Å². The number of hydrogen-bond donors (Lipinski definition) is 2. The lowest BCUT2D eigenvalue weighted by atomic mass is 9.85. The zero-order valence-corrected chi connectivity index (χ0v) is 17.5. The van der Waals surface area contributed by atoms with Gasteiger partial charge < -0.3 is 15.7 Å². The second-order valence-electron chi connectivity index (χ2n) is 7.21. The number of likely N-dealkylation sites (tertiary alicyclic amines) is 1. The first-order valence-electron chi connectivity index (χ1n) is 9.56. The van der Waals surface area contributed by atoms with Crippen LogP contribution in [0.3, 0.4) is 0 Å². The molecule has 1 aliphatic rings. The molecular formula is C22H28Cl2N2O2. The lowest BCUT2D eigenvalue weighted by Crippen LogP contribution is -2.47. The van der Waals surface area contributed by atoms with Crippen LogP contribution in [0.2, 0.25) is 5.02 Å². The molecule has 3 rings (SSSR count). The molecule has 1 saturated heterocycles. The summed E-state index contributed by atoms with van der Waals surface area (Å²) in [5.41, 5.74) is 9.72. The van der Waals surface area contributed by atoms with Gasteiger partial charge in [-0.3, -0.25) is 4.79 Å². The van der Waals surface area contributed by atoms with Crippen LogP contribution in [0.15, 0.2) is 48.5 Å². The van der Waals surface area contributed by atoms with Crippen molar-refractivity contribution in [2.45, 2.75) is 37.6 Å². The van der Waals surface area contributed by atoms with Gasteiger partial charge in [0.25, 0.3) is 0 Å². The molecule has 0 aliphatic carbocycles. The molecule has 1 atom stereocenters. The number of carbonyl (C=O) groups excluding carboxylic acids is 1. The first kappa shape index (κ1) is 22.7. The lowest BCUT2D eigenvalue weighted by Gasteiger charge is -2.34. The number of rotatable bonds is 6. The van der Waals surface area contributed by atoms with Crippen LogP contribution in [-0.4, -0.2) is 41.7 Å². The Labute approximate surface area is 178 Å². The van der Waals surface area contributed by atoms with E-state index in [-0.39, 0.29) is 24.9 Å². The van der Waals surface area contributed by atoms with Crippen molar-refractivity contribution >= 4 is 29.9 Å². The van der Waals surface area contributed by atoms with Crippen LogP contribution in [0.4, 0.5) is 0 Å². The maximum Gasteiger partial charge on any atom is 0.239 e. The zero-order valence-electron chi connectivity index (χ0n) is 15.9. The highest BCUT2D eigenvalue weighted by Gasteiger charge is 2.27. The Balaban J connectivity index is 0.00000280. The summed E-state index contributed by atoms with van der Waals surface area (Å²) in [5, 5.41) is 9.96. The van der Waals surface area contributed by atoms with E-state index in [0.717, 1.165) is 31.5 Å². The summed E-state index contributed by atoms with van der Waals surface area (Å²) in [4.78, 5) is 14.6. The number of halogens is 2. The average molecular weight is 423 g/mol. The number of hydrogen-bond acceptors (Lipinski definition) is 3. The average Bonchev–Trinajstić information content (AvgIpc) is 2.70. The second kappa shape index (κ2) is 10.8. The van der Waals surface area contributed by atoms with Crippen molar-refractivity contribution in [3.05, 3.63) is 70.2 Å². The molecule has 1 aliphatic heterocycles. The van der Waals surface area contributed by atoms with Gasteiger partial charge in [-0.25, -0.2) is 0 Å². The number of piperidine rings is 1. The van der Waals surface area contributed by atoms with E-state index in [1.807, 2.05) is 35.2 Å². The molecule has 0 saturated carbocycles. The van der Waals surface area contributed by atoms with Gasteiger partial charge >= 0.3 is 0 Å². The summed E-state index contributed by atoms with van der Waals surface area (Å²) < 4.78 is 0. The highest BCUT2D eigenvalue weighted by Crippen LogP contribution is 2.31. The van der Waals surface area contributed by atoms with E-state index >= 15 is 0 Å². The molecule has 1 heterocycles. The minimum Gasteiger partial charge on any atom is -0.396 e. The van der Waals surface area contributed by atoms with E-state index in [1.54, 1.807) is 0 Å². The summed E-state index contributed by atoms with van der Waals surface area (Å²) in [7, 11) is 0. The molecule has 152 valence electrons. The number of aliphatic hydroxyl groups excluding tert-OH is 1. The third-order valence-corrected chi connectivity index (χ3v) is 5.62. The minimum atomic E-state index is -0.524. The molecule has 0 bridgehead atoms. The molecule has 0 aromatic heterocycles. The molecule has 1 amide bonds. The largest absolute Gasteiger partial charge is 0.396 e. The monoisotopic (exact) mass is 422 g/mol. The number of nitrogens with zero attached hydrogens (tertiary/aromatic N) is 1. The number of nitrogens with two attached hydrogens (primary N) is 1. The maximum absolute atomic E-state index is 12.7. The van der Waals surface area contributed by atoms with Crippen molar-refractivity contribution in [1.82, 2.24) is 4.90 Å². The molecule has 2 aromatic carbocycles. The van der Waals surface area contributed by atoms with Crippen molar-refractivity contribution < 1.29 is 9.90 Å². The SMILES string of the molecule is Cl.N[C@H](Cc1ccc(Cl)cc1)C(=O)N1CCC(c2ccccc2CCO)CC1. The second-order valence-corrected chi connectivity index (χ2v) is 7.65. The van der Waals surface area contributed by atoms with Gasteiger partial charge in [-0.2, -0.15) is 0 Å². The fourth-order valence-corrected chi connectivity index (χ4v) is 4.01. The molecule has 0 radical (unpaired) electrons. The Kier molecular flexibility index (Phi) is 8.77. The Morgan fingerprint density at radius 3 is 2.43 bits per heavy atom. The van der Waals surface area contributed by atoms with Crippen molar-refractivity contribution in [2.24, 2.45) is 5.73 Å². The van der Waals surface area contributed by atoms with Crippen molar-refractivity contribution in [3.8, 4) is 0 Å². The summed E-state index contributed by atoms with van der Waals surface area (Å²) in [6.07, 6.45) is 3.07. The minimum absolute atomic E-state index is 0. The van der Waals surface area contributed by atoms with Gasteiger partial charge in [0.2, 0.25) is 5.91 Å². The zero-order chi connectivity index (χ0) is 19.2. The van der Waals surface area contributed by atoms with Crippen LogP contribution in [0, 0.1) is 0 Å². The molecule has 0 unspecified atom stereocenters. The van der Waals surface area contributed by atoms with E-state index in [9.17, 15) is 9.90 Å². The van der Waals surface area contributed by atoms with Gasteiger partial charge in [0.05, 0.1) is 6.04 Å². The van der Waals surface area contributed by atoms with Gasteiger partial charge in [-0.15, -0.1) is 12.4 Å². The predicted molar refractivity (Wildman–Crippen MR) is 116 cm³/mol. The van der Waals surface area contributed by atoms with Gasteiger partial charge in [-0.1, -0.05) is 48.0 Å². The van der Waals surface area contributed by atoms with Gasteiger partial charge in [0, 0.05) is 24.7 Å². The van der Waals surface area contributed by atoms with Crippen molar-refractivity contribution in [1.29, 1.82) is 0 Å². The fraction of sp³-hybridized carbons (Fsp3) is 0.409. The summed E-state index contributed by atoms with van der Waals surface area (Å²) in [5.74, 6) is 0.455. The quantitative estimate of drug-likeness (QED) is 0.747. The van der Waals surface area contributed by atoms with Gasteiger partial charge in [-0.05, 0) is 60.4 Å². The van der Waals surface area contributed by atoms with Crippen molar-refractivity contribution in [3.63, 3.8) is 0 Å². The molecule has 28 heavy (non-hydrogen) atoms. The van der Waals surface area contributed by atoms with Crippen LogP contribution >= 0.6 is 24.0 Å². The molecule has 4 nitrogen and oxygen atoms in total. The maximum atomic E-state index is 12.7. The van der Waals surface area contributed by atoms with E-state index in [1.165, 1.54) is 11.1 Å². The van der Waals surface area contributed by atoms with Crippen LogP contribution < -0.4 is 5.73 Å². The van der Waals surface area contributed by atoms with Crippen LogP contribution in [0.25, 0.3) is 0 Å². The number of aliphatic hydroxyl groups is 1. The van der Waals surface area contributed by atoms with Crippen LogP contribution in [-0.2, 0) is 17.6 Å². The van der Waals surface area contributed by atoms with E-state index < -0.39 is 6.04 Å². The summed E-state index contributed by atoms with van der Waals surface area (Å²) in [6, 6.07) is 15.3. The Bertz CT molecular complexity index is 759. The Hall–Kier alpha value is -1.59. The molecule has 6 heteroatoms. The first-order valence-corrected chi connectivity index (χ1v) is 9.93. The Morgan fingerprint density at radius 1 is 1.14 bits per heavy atom. The normalized spacial score (nSPS) is 15.8. The number of benzene rings is 2. The molecule has 2 aromatic rings. The fourth-order valence-electron chi connectivity index (χ4n) is 3.89. The standard InChI is InChI=1S/C22H27ClN2O2.ClH/c23-19-7-5-16(6-8-19)15-21(24)22(27)25-12-9-18(10-13-25)20-4-2-1-3-17(20)11-14-26;/h1-8,18,21,26H,9-15,24H2;1H/t21-;/m1./s1. The topological polar surface area (TPSA) is 66.6 Å². The highest BCUT2D eigenvalue weighted by molar-refractivity contribution is 6.30. The highest BCUT2D eigenvalue weighted by atomic mass is 35.5. The van der Waals surface area contributed by atoms with Gasteiger partial charge in [0.15, 0.2) is 0 Å². The molecular weight excluding hydrogens is 395 g/mol. The molecule has 3 N–H and O–H groups in total. The van der Waals surface area contributed by atoms with E-state index in [4.69, 9.17) is 17.3 Å². The van der Waals surface area contributed by atoms with Crippen molar-refractivity contribution in [2.75, 3.05) is 19.7 Å². The summed E-state index contributed by atoms with van der Waals surface area (Å²) in [6.45, 7) is 1.62. The smallest absolute Gasteiger partial charge is 0.239 e. The third-order valence-electron chi connectivity index (χ3n) is 5.37. The Morgan fingerprint density at radius 2 is 1.79 bits per heavy atom.